The zero-order valence-electron chi connectivity index (χ0n) is 53.1. The largest absolute Gasteiger partial charge is 0.756 e. The molecule has 0 aliphatic rings. The van der Waals surface area contributed by atoms with Crippen LogP contribution in [0.2, 0.25) is 0 Å². The van der Waals surface area contributed by atoms with E-state index in [-0.39, 0.29) is 31.3 Å². The fourth-order valence-electron chi connectivity index (χ4n) is 8.55. The standard InChI is InChI=1S/C72H121N2O7P/c1-7-10-13-16-19-22-25-28-30-32-34-36-37-39-41-43-45-47-50-53-56-59-62-65-72(76)81-70(63-60-57-54-51-48-27-24-21-18-15-12-9-3)69(68-80-82(77,78)79-67-66-74(4,5)6)73-71(75)64-61-58-55-52-49-46-44-42-40-38-35-33-31-29-26-23-20-17-14-11-8-2/h10-11,13-14,19-20,22-23,28-31,34-36,38-39,41-42,44-45,47,60,63,69-70H,7-9,12,15-18,21,24-27,32-33,37,40,43,46,48-59,61-62,64-68H2,1-6H3,(H-,73,75,77,78)/b13-10-,14-11-,22-19-,23-20-,30-28-,31-29-,36-34-,38-35-,41-39-,44-42-,47-45-,63-60+. The van der Waals surface area contributed by atoms with Crippen molar-refractivity contribution in [1.82, 2.24) is 5.32 Å². The van der Waals surface area contributed by atoms with Crippen LogP contribution in [0.3, 0.4) is 0 Å². The van der Waals surface area contributed by atoms with Gasteiger partial charge in [-0.15, -0.1) is 0 Å². The highest BCUT2D eigenvalue weighted by Gasteiger charge is 2.27. The summed E-state index contributed by atoms with van der Waals surface area (Å²) in [5, 5.41) is 3.01. The number of rotatable bonds is 57. The topological polar surface area (TPSA) is 114 Å². The number of nitrogens with zero attached hydrogens (tertiary/aromatic N) is 1. The number of hydrogen-bond acceptors (Lipinski definition) is 7. The number of amides is 1. The average Bonchev–Trinajstić information content (AvgIpc) is 3.44. The number of esters is 1. The van der Waals surface area contributed by atoms with Gasteiger partial charge in [-0.1, -0.05) is 250 Å². The lowest BCUT2D eigenvalue weighted by Crippen LogP contribution is -2.47. The molecule has 0 rings (SSSR count). The highest BCUT2D eigenvalue weighted by molar-refractivity contribution is 7.45. The lowest BCUT2D eigenvalue weighted by atomic mass is 10.0. The highest BCUT2D eigenvalue weighted by Crippen LogP contribution is 2.38. The Morgan fingerprint density at radius 3 is 1.17 bits per heavy atom. The molecule has 1 amide bonds. The molecule has 0 aromatic heterocycles. The van der Waals surface area contributed by atoms with Gasteiger partial charge in [0.25, 0.3) is 7.82 Å². The molecular weight excluding hydrogens is 1040 g/mol. The number of phosphoric acid groups is 1. The van der Waals surface area contributed by atoms with Crippen molar-refractivity contribution < 1.29 is 37.3 Å². The van der Waals surface area contributed by atoms with Crippen molar-refractivity contribution in [2.24, 2.45) is 0 Å². The van der Waals surface area contributed by atoms with Gasteiger partial charge >= 0.3 is 5.97 Å². The SMILES string of the molecule is CC/C=C\C/C=C\C/C=C\C/C=C\C/C=C\C/C=C\CCCCCCC(=O)OC(/C=C/CCCCCCCCCCCC)C(COP(=O)([O-])OCC[N+](C)(C)C)NC(=O)CCCCCCC/C=C\C/C=C\C/C=C\C/C=C\C/C=C\CC. The molecule has 0 radical (unpaired) electrons. The number of quaternary nitrogens is 1. The molecule has 0 aliphatic carbocycles. The average molecular weight is 1160 g/mol. The summed E-state index contributed by atoms with van der Waals surface area (Å²) in [5.41, 5.74) is 0. The van der Waals surface area contributed by atoms with E-state index in [1.807, 2.05) is 33.3 Å². The number of carbonyl (C=O) groups excluding carboxylic acids is 2. The highest BCUT2D eigenvalue weighted by atomic mass is 31.2. The predicted octanol–water partition coefficient (Wildman–Crippen LogP) is 20.0. The van der Waals surface area contributed by atoms with Crippen molar-refractivity contribution in [3.8, 4) is 0 Å². The van der Waals surface area contributed by atoms with E-state index in [0.717, 1.165) is 148 Å². The zero-order valence-corrected chi connectivity index (χ0v) is 54.0. The van der Waals surface area contributed by atoms with Gasteiger partial charge in [-0.2, -0.15) is 0 Å². The Morgan fingerprint density at radius 2 is 0.780 bits per heavy atom. The van der Waals surface area contributed by atoms with Crippen molar-refractivity contribution in [2.45, 2.75) is 258 Å². The molecule has 0 fully saturated rings. The summed E-state index contributed by atoms with van der Waals surface area (Å²) >= 11 is 0. The van der Waals surface area contributed by atoms with Gasteiger partial charge in [0.15, 0.2) is 0 Å². The Bertz CT molecular complexity index is 1910. The molecule has 0 aliphatic heterocycles. The van der Waals surface area contributed by atoms with E-state index in [4.69, 9.17) is 13.8 Å². The van der Waals surface area contributed by atoms with E-state index >= 15 is 0 Å². The van der Waals surface area contributed by atoms with E-state index in [1.54, 1.807) is 0 Å². The zero-order chi connectivity index (χ0) is 60.0. The molecule has 0 saturated carbocycles. The fraction of sp³-hybridized carbons (Fsp3) is 0.639. The number of unbranched alkanes of at least 4 members (excludes halogenated alkanes) is 19. The summed E-state index contributed by atoms with van der Waals surface area (Å²) in [5.74, 6) is -0.603. The first-order valence-electron chi connectivity index (χ1n) is 32.6. The Balaban J connectivity index is 5.31. The first-order chi connectivity index (χ1) is 39.9. The monoisotopic (exact) mass is 1160 g/mol. The van der Waals surface area contributed by atoms with Crippen molar-refractivity contribution in [3.63, 3.8) is 0 Å². The van der Waals surface area contributed by atoms with E-state index < -0.39 is 26.6 Å². The maximum Gasteiger partial charge on any atom is 0.306 e. The summed E-state index contributed by atoms with van der Waals surface area (Å²) < 4.78 is 30.3. The third-order valence-electron chi connectivity index (χ3n) is 13.5. The molecule has 0 saturated heterocycles. The normalized spacial score (nSPS) is 14.6. The van der Waals surface area contributed by atoms with Crippen molar-refractivity contribution >= 4 is 19.7 Å². The number of allylic oxidation sites excluding steroid dienone is 23. The number of hydrogen-bond donors (Lipinski definition) is 1. The van der Waals surface area contributed by atoms with Gasteiger partial charge in [-0.25, -0.2) is 0 Å². The van der Waals surface area contributed by atoms with Gasteiger partial charge in [-0.3, -0.25) is 14.2 Å². The van der Waals surface area contributed by atoms with E-state index in [1.165, 1.54) is 51.4 Å². The van der Waals surface area contributed by atoms with Crippen LogP contribution in [-0.2, 0) is 27.9 Å². The first kappa shape index (κ1) is 77.9. The van der Waals surface area contributed by atoms with Crippen LogP contribution in [0.1, 0.15) is 245 Å². The molecule has 1 N–H and O–H groups in total. The fourth-order valence-corrected chi connectivity index (χ4v) is 9.27. The van der Waals surface area contributed by atoms with Gasteiger partial charge in [0.05, 0.1) is 33.8 Å². The molecule has 10 heteroatoms. The smallest absolute Gasteiger partial charge is 0.306 e. The predicted molar refractivity (Wildman–Crippen MR) is 353 cm³/mol. The summed E-state index contributed by atoms with van der Waals surface area (Å²) in [4.78, 5) is 40.1. The van der Waals surface area contributed by atoms with Crippen LogP contribution in [0.4, 0.5) is 0 Å². The quantitative estimate of drug-likeness (QED) is 0.0212. The Hall–Kier alpha value is -4.11. The first-order valence-corrected chi connectivity index (χ1v) is 34.1. The Kier molecular flexibility index (Phi) is 57.0. The number of nitrogens with one attached hydrogen (secondary N) is 1. The molecule has 0 heterocycles. The second-order valence-electron chi connectivity index (χ2n) is 22.5. The maximum absolute atomic E-state index is 13.6. The van der Waals surface area contributed by atoms with Crippen LogP contribution in [-0.4, -0.2) is 69.4 Å². The molecule has 3 unspecified atom stereocenters. The Labute approximate surface area is 504 Å². The second kappa shape index (κ2) is 60.0. The summed E-state index contributed by atoms with van der Waals surface area (Å²) in [6.07, 6.45) is 86.7. The van der Waals surface area contributed by atoms with Crippen LogP contribution >= 0.6 is 7.82 Å². The van der Waals surface area contributed by atoms with Gasteiger partial charge in [0, 0.05) is 12.8 Å². The van der Waals surface area contributed by atoms with Gasteiger partial charge in [0.2, 0.25) is 5.91 Å². The second-order valence-corrected chi connectivity index (χ2v) is 23.9. The summed E-state index contributed by atoms with van der Waals surface area (Å²) in [6.45, 7) is 6.56. The number of carbonyl (C=O) groups is 2. The minimum atomic E-state index is -4.72. The van der Waals surface area contributed by atoms with Crippen molar-refractivity contribution in [3.05, 3.63) is 146 Å². The summed E-state index contributed by atoms with van der Waals surface area (Å²) in [7, 11) is 1.13. The molecule has 466 valence electrons. The van der Waals surface area contributed by atoms with Crippen LogP contribution in [0.15, 0.2) is 146 Å². The third-order valence-corrected chi connectivity index (χ3v) is 14.5. The van der Waals surface area contributed by atoms with Crippen LogP contribution in [0, 0.1) is 0 Å². The molecule has 82 heavy (non-hydrogen) atoms. The molecule has 0 aromatic carbocycles. The lowest BCUT2D eigenvalue weighted by molar-refractivity contribution is -0.870. The summed E-state index contributed by atoms with van der Waals surface area (Å²) in [6, 6.07) is -0.922. The molecule has 0 aromatic rings. The lowest BCUT2D eigenvalue weighted by Gasteiger charge is -2.30. The number of likely N-dealkylation sites (N-methyl/N-ethyl adjacent to an activating group) is 1. The maximum atomic E-state index is 13.6. The minimum absolute atomic E-state index is 0.0395. The van der Waals surface area contributed by atoms with E-state index in [0.29, 0.717) is 23.9 Å². The third kappa shape index (κ3) is 60.5. The van der Waals surface area contributed by atoms with Crippen molar-refractivity contribution in [1.29, 1.82) is 0 Å². The molecular formula is C72H121N2O7P. The van der Waals surface area contributed by atoms with Gasteiger partial charge < -0.3 is 28.5 Å². The number of phosphoric ester groups is 1. The molecule has 9 nitrogen and oxygen atoms in total. The van der Waals surface area contributed by atoms with Crippen LogP contribution in [0.5, 0.6) is 0 Å². The van der Waals surface area contributed by atoms with Crippen LogP contribution < -0.4 is 10.2 Å². The molecule has 0 spiro atoms. The number of ether oxygens (including phenoxy) is 1. The van der Waals surface area contributed by atoms with Gasteiger partial charge in [-0.05, 0) is 128 Å². The van der Waals surface area contributed by atoms with Gasteiger partial charge in [0.1, 0.15) is 19.3 Å². The molecule has 0 bridgehead atoms. The molecule has 3 atom stereocenters. The Morgan fingerprint density at radius 1 is 0.439 bits per heavy atom. The van der Waals surface area contributed by atoms with Crippen molar-refractivity contribution in [2.75, 3.05) is 40.9 Å². The minimum Gasteiger partial charge on any atom is -0.756 e. The van der Waals surface area contributed by atoms with E-state index in [2.05, 4.69) is 160 Å². The van der Waals surface area contributed by atoms with Crippen LogP contribution in [0.25, 0.3) is 0 Å². The van der Waals surface area contributed by atoms with E-state index in [9.17, 15) is 19.0 Å².